The van der Waals surface area contributed by atoms with Crippen molar-refractivity contribution in [3.63, 3.8) is 0 Å². The lowest BCUT2D eigenvalue weighted by molar-refractivity contribution is -0.136. The summed E-state index contributed by atoms with van der Waals surface area (Å²) in [6, 6.07) is 10.6. The lowest BCUT2D eigenvalue weighted by Crippen LogP contribution is -2.61. The highest BCUT2D eigenvalue weighted by molar-refractivity contribution is 7.99. The van der Waals surface area contributed by atoms with Crippen molar-refractivity contribution in [2.24, 2.45) is 5.92 Å². The van der Waals surface area contributed by atoms with Crippen LogP contribution < -0.4 is 69.1 Å². The number of hydrogen-bond acceptors (Lipinski definition) is 20. The predicted molar refractivity (Wildman–Crippen MR) is 418 cm³/mol. The monoisotopic (exact) mass is 1570 g/mol. The van der Waals surface area contributed by atoms with E-state index in [-0.39, 0.29) is 75.4 Å². The number of benzene rings is 3. The number of alkyl carbamates (subject to hydrolysis) is 2. The molecule has 3 aromatic carbocycles. The molecule has 13 amide bonds. The lowest BCUT2D eigenvalue weighted by Gasteiger charge is -2.29. The van der Waals surface area contributed by atoms with Crippen molar-refractivity contribution in [2.75, 3.05) is 26.7 Å². The van der Waals surface area contributed by atoms with E-state index in [4.69, 9.17) is 9.47 Å². The van der Waals surface area contributed by atoms with Crippen LogP contribution in [0.2, 0.25) is 0 Å². The van der Waals surface area contributed by atoms with E-state index < -0.39 is 169 Å². The largest absolute Gasteiger partial charge is 0.444 e. The molecule has 0 radical (unpaired) electrons. The van der Waals surface area contributed by atoms with E-state index in [1.165, 1.54) is 32.7 Å². The SMILES string of the molecule is CCC[C@@H]1NC(=O)[C@@H](NC(=O)[C@H](CCC)NC(=O)[C@@H](NC(=O)n2nc(/C=C/c3ccccn3)c3ccc(Sc4ccccc4C(=O)NC)cc32)[C@@H](C)O)CCNC(=O)[C@H]([C@@H](C)O)NC(=O)[C@H](CCNC(=O)OC(C)(C)C)NC(=O)[C@H](CCNC(=O)OC(C)(C)C)NC(=O)[C@H](CC(C)C)NC(=O)[C@@H](Cc2ccccc2)NC1=O. The zero-order valence-electron chi connectivity index (χ0n) is 65.6. The van der Waals surface area contributed by atoms with Gasteiger partial charge in [0.2, 0.25) is 53.2 Å². The first-order chi connectivity index (χ1) is 53.0. The summed E-state index contributed by atoms with van der Waals surface area (Å²) in [6.07, 6.45) is -1.25. The number of carbonyl (C=O) groups excluding carboxylic acids is 13. The van der Waals surface area contributed by atoms with Crippen LogP contribution in [0, 0.1) is 5.92 Å². The van der Waals surface area contributed by atoms with E-state index >= 15 is 4.79 Å². The van der Waals surface area contributed by atoms with Crippen molar-refractivity contribution in [2.45, 2.75) is 228 Å². The molecule has 0 bridgehead atoms. The normalized spacial score (nSPS) is 19.8. The van der Waals surface area contributed by atoms with Gasteiger partial charge in [0.1, 0.15) is 65.6 Å². The van der Waals surface area contributed by atoms with Crippen LogP contribution >= 0.6 is 11.8 Å². The molecule has 1 fully saturated rings. The van der Waals surface area contributed by atoms with Crippen molar-refractivity contribution in [3.8, 4) is 0 Å². The van der Waals surface area contributed by atoms with Gasteiger partial charge in [-0.15, -0.1) is 0 Å². The molecule has 5 aromatic rings. The molecule has 0 spiro atoms. The minimum atomic E-state index is -1.82. The fraction of sp³-hybridized carbons (Fsp3) is 0.500. The van der Waals surface area contributed by atoms with Gasteiger partial charge in [-0.2, -0.15) is 9.78 Å². The van der Waals surface area contributed by atoms with Gasteiger partial charge < -0.3 is 88.8 Å². The number of rotatable bonds is 26. The molecule has 15 N–H and O–H groups in total. The molecule has 112 heavy (non-hydrogen) atoms. The number of nitrogens with zero attached hydrogens (tertiary/aromatic N) is 3. The Kier molecular flexibility index (Phi) is 34.5. The number of aromatic nitrogens is 3. The van der Waals surface area contributed by atoms with Crippen LogP contribution in [0.5, 0.6) is 0 Å². The van der Waals surface area contributed by atoms with Crippen LogP contribution in [0.15, 0.2) is 107 Å². The summed E-state index contributed by atoms with van der Waals surface area (Å²) in [5.41, 5.74) is 0.221. The first-order valence-corrected chi connectivity index (χ1v) is 38.3. The second-order valence-electron chi connectivity index (χ2n) is 29.5. The number of hydrogen-bond donors (Lipinski definition) is 15. The van der Waals surface area contributed by atoms with Crippen LogP contribution in [0.4, 0.5) is 14.4 Å². The average Bonchev–Trinajstić information content (AvgIpc) is 1.62. The van der Waals surface area contributed by atoms with E-state index in [0.29, 0.717) is 37.7 Å². The number of ether oxygens (including phenoxy) is 2. The molecule has 608 valence electrons. The number of pyridine rings is 1. The summed E-state index contributed by atoms with van der Waals surface area (Å²) >= 11 is 1.24. The van der Waals surface area contributed by atoms with Gasteiger partial charge in [-0.25, -0.2) is 14.4 Å². The van der Waals surface area contributed by atoms with E-state index in [9.17, 15) is 67.7 Å². The molecule has 1 aliphatic rings. The Labute approximate surface area is 655 Å². The molecule has 2 aromatic heterocycles. The van der Waals surface area contributed by atoms with Crippen molar-refractivity contribution in [3.05, 3.63) is 120 Å². The second-order valence-corrected chi connectivity index (χ2v) is 30.6. The number of aliphatic hydroxyl groups is 2. The summed E-state index contributed by atoms with van der Waals surface area (Å²) < 4.78 is 11.8. The molecular formula is C78H108N16O17S. The standard InChI is InChI=1S/C78H108N16O17S/c1-14-23-53-66(99)90-59(42-47-25-17-16-18-26-47)71(104)89-58(41-44(3)4)70(103)87-56(35-39-82-75(108)110-77(7,8)9)68(101)86-57(36-40-83-76(109)111-78(10,11)12)69(102)91-62(45(5)95)72(105)81-38-34-55(67(100)84-53)85-65(98)54(24-15-2)88-73(106)63(46(6)96)92-74(107)94-60-43-49(112-61-29-20-19-28-51(61)64(97)79-13)31-32-50(60)52(93-94)33-30-48-27-21-22-37-80-48/h16-22,25-33,37,43-46,53-59,62-63,95-96H,14-15,23-24,34-36,38-42H2,1-13H3,(H,79,97)(H,81,105)(H,82,108)(H,83,109)(H,84,100)(H,85,98)(H,86,101)(H,87,103)(H,88,106)(H,89,104)(H,90,99)(H,91,102)(H,92,107)/b33-30+/t45-,46-,53+,54+,55+,56+,57+,58+,59-,62+,63+/m1/s1. The van der Waals surface area contributed by atoms with E-state index in [0.717, 1.165) is 4.68 Å². The maximum absolute atomic E-state index is 15.0. The Morgan fingerprint density at radius 1 is 0.634 bits per heavy atom. The summed E-state index contributed by atoms with van der Waals surface area (Å²) in [5.74, 6) is -9.47. The van der Waals surface area contributed by atoms with Crippen molar-refractivity contribution >= 4 is 112 Å². The summed E-state index contributed by atoms with van der Waals surface area (Å²) in [7, 11) is 1.51. The van der Waals surface area contributed by atoms with Gasteiger partial charge in [0.05, 0.1) is 34.7 Å². The number of aliphatic hydroxyl groups excluding tert-OH is 2. The molecule has 6 rings (SSSR count). The van der Waals surface area contributed by atoms with Gasteiger partial charge in [-0.3, -0.25) is 52.9 Å². The van der Waals surface area contributed by atoms with Gasteiger partial charge >= 0.3 is 18.2 Å². The molecule has 0 unspecified atom stereocenters. The fourth-order valence-electron chi connectivity index (χ4n) is 11.7. The van der Waals surface area contributed by atoms with E-state index in [1.54, 1.807) is 179 Å². The van der Waals surface area contributed by atoms with Gasteiger partial charge in [-0.05, 0) is 160 Å². The van der Waals surface area contributed by atoms with Crippen molar-refractivity contribution in [1.82, 2.24) is 83.9 Å². The molecular weight excluding hydrogens is 1470 g/mol. The van der Waals surface area contributed by atoms with Crippen LogP contribution in [0.3, 0.4) is 0 Å². The Bertz CT molecular complexity index is 4130. The zero-order valence-corrected chi connectivity index (χ0v) is 66.4. The van der Waals surface area contributed by atoms with Gasteiger partial charge in [0.15, 0.2) is 0 Å². The second kappa shape index (κ2) is 43.0. The maximum atomic E-state index is 15.0. The Morgan fingerprint density at radius 2 is 1.20 bits per heavy atom. The molecule has 0 aliphatic carbocycles. The van der Waals surface area contributed by atoms with Gasteiger partial charge in [0, 0.05) is 54.5 Å². The third-order valence-electron chi connectivity index (χ3n) is 17.2. The number of nitrogens with one attached hydrogen (secondary N) is 13. The van der Waals surface area contributed by atoms with Gasteiger partial charge in [-0.1, -0.05) is 101 Å². The highest BCUT2D eigenvalue weighted by Crippen LogP contribution is 2.34. The molecule has 11 atom stereocenters. The van der Waals surface area contributed by atoms with Crippen LogP contribution in [0.25, 0.3) is 23.1 Å². The average molecular weight is 1570 g/mol. The predicted octanol–water partition coefficient (Wildman–Crippen LogP) is 3.92. The summed E-state index contributed by atoms with van der Waals surface area (Å²) in [4.78, 5) is 192. The molecule has 33 nitrogen and oxygen atoms in total. The smallest absolute Gasteiger partial charge is 0.407 e. The minimum absolute atomic E-state index is 0.0424. The highest BCUT2D eigenvalue weighted by Gasteiger charge is 2.38. The maximum Gasteiger partial charge on any atom is 0.407 e. The first-order valence-electron chi connectivity index (χ1n) is 37.4. The molecule has 1 aliphatic heterocycles. The molecule has 0 saturated carbocycles. The van der Waals surface area contributed by atoms with Crippen LogP contribution in [-0.2, 0) is 59.0 Å². The van der Waals surface area contributed by atoms with Crippen LogP contribution in [0.1, 0.15) is 162 Å². The molecule has 1 saturated heterocycles. The summed E-state index contributed by atoms with van der Waals surface area (Å²) in [6.45, 7) is 17.9. The fourth-order valence-corrected chi connectivity index (χ4v) is 12.6. The molecule has 34 heteroatoms. The van der Waals surface area contributed by atoms with Gasteiger partial charge in [0.25, 0.3) is 5.91 Å². The first kappa shape index (κ1) is 89.9. The quantitative estimate of drug-likeness (QED) is 0.0373. The Morgan fingerprint density at radius 3 is 1.77 bits per heavy atom. The highest BCUT2D eigenvalue weighted by atomic mass is 32.2. The Balaban J connectivity index is 1.37. The lowest BCUT2D eigenvalue weighted by atomic mass is 10.00. The number of carbonyl (C=O) groups is 13. The summed E-state index contributed by atoms with van der Waals surface area (Å²) in [5, 5.41) is 61.6. The zero-order chi connectivity index (χ0) is 82.6. The van der Waals surface area contributed by atoms with E-state index in [1.807, 2.05) is 0 Å². The minimum Gasteiger partial charge on any atom is -0.444 e. The van der Waals surface area contributed by atoms with Crippen molar-refractivity contribution < 1.29 is 82.0 Å². The third kappa shape index (κ3) is 28.7. The number of amides is 13. The Hall–Kier alpha value is -11.0. The van der Waals surface area contributed by atoms with Crippen LogP contribution in [-0.4, -0.2) is 207 Å². The number of fused-ring (bicyclic) bond motifs is 1. The van der Waals surface area contributed by atoms with E-state index in [2.05, 4.69) is 79.2 Å². The molecule has 3 heterocycles. The van der Waals surface area contributed by atoms with Crippen molar-refractivity contribution in [1.29, 1.82) is 0 Å². The topological polar surface area (TPSA) is 468 Å². The third-order valence-corrected chi connectivity index (χ3v) is 18.2.